The van der Waals surface area contributed by atoms with Crippen molar-refractivity contribution >= 4 is 0 Å². The van der Waals surface area contributed by atoms with Crippen LogP contribution in [0.25, 0.3) is 0 Å². The first kappa shape index (κ1) is 17.0. The molecule has 0 bridgehead atoms. The molecule has 23 heavy (non-hydrogen) atoms. The summed E-state index contributed by atoms with van der Waals surface area (Å²) in [7, 11) is 0. The molecular weight excluding hydrogens is 292 g/mol. The van der Waals surface area contributed by atoms with Crippen molar-refractivity contribution in [3.05, 3.63) is 24.0 Å². The van der Waals surface area contributed by atoms with Crippen LogP contribution >= 0.6 is 0 Å². The summed E-state index contributed by atoms with van der Waals surface area (Å²) in [5.74, 6) is 2.24. The fourth-order valence-electron chi connectivity index (χ4n) is 3.68. The summed E-state index contributed by atoms with van der Waals surface area (Å²) in [5.41, 5.74) is -0.309. The monoisotopic (exact) mass is 322 g/mol. The first-order valence-corrected chi connectivity index (χ1v) is 8.91. The van der Waals surface area contributed by atoms with Crippen molar-refractivity contribution in [3.63, 3.8) is 0 Å². The summed E-state index contributed by atoms with van der Waals surface area (Å²) in [6.45, 7) is 11.7. The Morgan fingerprint density at radius 2 is 1.78 bits per heavy atom. The lowest BCUT2D eigenvalue weighted by atomic mass is 9.61. The summed E-state index contributed by atoms with van der Waals surface area (Å²) in [6, 6.07) is 0. The normalized spacial score (nSPS) is 40.8. The summed E-state index contributed by atoms with van der Waals surface area (Å²) >= 11 is 0. The highest BCUT2D eigenvalue weighted by atomic mass is 16.6. The topological polar surface area (TPSA) is 43.5 Å². The molecule has 130 valence electrons. The number of allylic oxidation sites excluding steroid dienone is 3. The molecule has 0 aromatic heterocycles. The molecule has 4 heteroatoms. The molecule has 0 radical (unpaired) electrons. The van der Waals surface area contributed by atoms with Crippen LogP contribution in [0.1, 0.15) is 34.1 Å². The van der Waals surface area contributed by atoms with Gasteiger partial charge in [0.1, 0.15) is 30.2 Å². The van der Waals surface area contributed by atoms with Crippen molar-refractivity contribution in [2.45, 2.75) is 51.9 Å². The molecule has 0 amide bonds. The fourth-order valence-corrected chi connectivity index (χ4v) is 3.68. The summed E-state index contributed by atoms with van der Waals surface area (Å²) in [6.07, 6.45) is 8.19. The lowest BCUT2D eigenvalue weighted by Gasteiger charge is -2.53. The van der Waals surface area contributed by atoms with Gasteiger partial charge in [-0.05, 0) is 37.2 Å². The zero-order valence-electron chi connectivity index (χ0n) is 14.8. The van der Waals surface area contributed by atoms with Crippen LogP contribution in [-0.4, -0.2) is 44.2 Å². The number of epoxide rings is 2. The van der Waals surface area contributed by atoms with Crippen molar-refractivity contribution in [1.29, 1.82) is 0 Å². The van der Waals surface area contributed by atoms with Gasteiger partial charge in [0.25, 0.3) is 0 Å². The van der Waals surface area contributed by atoms with E-state index in [9.17, 15) is 0 Å². The zero-order chi connectivity index (χ0) is 16.4. The molecule has 0 aromatic rings. The van der Waals surface area contributed by atoms with Crippen LogP contribution in [0.3, 0.4) is 0 Å². The van der Waals surface area contributed by atoms with E-state index in [4.69, 9.17) is 18.9 Å². The smallest absolute Gasteiger partial charge is 0.130 e. The molecule has 1 aliphatic carbocycles. The van der Waals surface area contributed by atoms with Crippen LogP contribution in [0.4, 0.5) is 0 Å². The molecule has 1 saturated carbocycles. The molecule has 3 rings (SSSR count). The fraction of sp³-hybridized carbons (Fsp3) is 0.789. The van der Waals surface area contributed by atoms with Gasteiger partial charge < -0.3 is 18.9 Å². The van der Waals surface area contributed by atoms with Gasteiger partial charge in [-0.3, -0.25) is 0 Å². The van der Waals surface area contributed by atoms with Gasteiger partial charge in [0, 0.05) is 0 Å². The van der Waals surface area contributed by atoms with E-state index in [1.54, 1.807) is 0 Å². The maximum atomic E-state index is 6.42. The predicted molar refractivity (Wildman–Crippen MR) is 89.1 cm³/mol. The minimum absolute atomic E-state index is 0.255. The van der Waals surface area contributed by atoms with Gasteiger partial charge in [0.2, 0.25) is 0 Å². The second kappa shape index (κ2) is 6.96. The largest absolute Gasteiger partial charge is 0.492 e. The molecule has 2 heterocycles. The number of hydrogen-bond acceptors (Lipinski definition) is 4. The lowest BCUT2D eigenvalue weighted by Crippen LogP contribution is -2.57. The molecule has 2 saturated heterocycles. The Kier molecular flexibility index (Phi) is 5.14. The first-order valence-electron chi connectivity index (χ1n) is 8.91. The molecular formula is C19H30O4. The van der Waals surface area contributed by atoms with E-state index in [0.717, 1.165) is 19.0 Å². The molecule has 3 fully saturated rings. The Morgan fingerprint density at radius 1 is 1.17 bits per heavy atom. The molecule has 0 spiro atoms. The first-order chi connectivity index (χ1) is 11.1. The molecule has 0 N–H and O–H groups in total. The molecule has 4 nitrogen and oxygen atoms in total. The Morgan fingerprint density at radius 3 is 2.30 bits per heavy atom. The van der Waals surface area contributed by atoms with Crippen molar-refractivity contribution in [1.82, 2.24) is 0 Å². The summed E-state index contributed by atoms with van der Waals surface area (Å²) in [4.78, 5) is 0. The quantitative estimate of drug-likeness (QED) is 0.371. The van der Waals surface area contributed by atoms with E-state index in [0.29, 0.717) is 31.0 Å². The second-order valence-corrected chi connectivity index (χ2v) is 7.28. The summed E-state index contributed by atoms with van der Waals surface area (Å²) < 4.78 is 23.3. The highest BCUT2D eigenvalue weighted by molar-refractivity contribution is 5.23. The van der Waals surface area contributed by atoms with E-state index in [1.807, 2.05) is 6.92 Å². The van der Waals surface area contributed by atoms with Crippen LogP contribution in [0.5, 0.6) is 0 Å². The van der Waals surface area contributed by atoms with E-state index in [-0.39, 0.29) is 17.8 Å². The van der Waals surface area contributed by atoms with Crippen LogP contribution in [0, 0.1) is 17.8 Å². The standard InChI is InChI=1S/C19H30O4/c1-5-6-13(2)7-18(22-11-16-9-20-16)19(14(3)8-15(19)4)23-12-17-10-21-17/h5-7,13-17H,8-12H2,1-4H3/b6-5-,18-7+. The maximum absolute atomic E-state index is 6.42. The van der Waals surface area contributed by atoms with Gasteiger partial charge in [-0.2, -0.15) is 0 Å². The second-order valence-electron chi connectivity index (χ2n) is 7.28. The van der Waals surface area contributed by atoms with Gasteiger partial charge in [-0.15, -0.1) is 0 Å². The van der Waals surface area contributed by atoms with Gasteiger partial charge in [0.05, 0.1) is 19.8 Å². The minimum atomic E-state index is -0.309. The third kappa shape index (κ3) is 3.81. The Hall–Kier alpha value is -0.840. The average Bonchev–Trinajstić information content (AvgIpc) is 3.38. The maximum Gasteiger partial charge on any atom is 0.130 e. The lowest BCUT2D eigenvalue weighted by molar-refractivity contribution is -0.182. The van der Waals surface area contributed by atoms with Crippen LogP contribution < -0.4 is 0 Å². The van der Waals surface area contributed by atoms with Crippen LogP contribution in [0.15, 0.2) is 24.0 Å². The average molecular weight is 322 g/mol. The van der Waals surface area contributed by atoms with Crippen molar-refractivity contribution in [2.75, 3.05) is 26.4 Å². The number of hydrogen-bond donors (Lipinski definition) is 0. The predicted octanol–water partition coefficient (Wildman–Crippen LogP) is 3.33. The summed E-state index contributed by atoms with van der Waals surface area (Å²) in [5, 5.41) is 0. The van der Waals surface area contributed by atoms with Gasteiger partial charge in [-0.1, -0.05) is 32.9 Å². The van der Waals surface area contributed by atoms with Crippen molar-refractivity contribution in [3.8, 4) is 0 Å². The highest BCUT2D eigenvalue weighted by Crippen LogP contribution is 2.52. The highest BCUT2D eigenvalue weighted by Gasteiger charge is 2.56. The van der Waals surface area contributed by atoms with Gasteiger partial charge >= 0.3 is 0 Å². The molecule has 5 atom stereocenters. The third-order valence-electron chi connectivity index (χ3n) is 5.20. The van der Waals surface area contributed by atoms with E-state index >= 15 is 0 Å². The van der Waals surface area contributed by atoms with E-state index in [1.165, 1.54) is 6.42 Å². The van der Waals surface area contributed by atoms with Crippen molar-refractivity contribution < 1.29 is 18.9 Å². The number of ether oxygens (including phenoxy) is 4. The molecule has 2 aliphatic heterocycles. The van der Waals surface area contributed by atoms with Crippen molar-refractivity contribution in [2.24, 2.45) is 17.8 Å². The Balaban J connectivity index is 1.79. The Labute approximate surface area is 139 Å². The van der Waals surface area contributed by atoms with Gasteiger partial charge in [0.15, 0.2) is 0 Å². The third-order valence-corrected chi connectivity index (χ3v) is 5.20. The SMILES string of the molecule is C/C=C\C(C)/C=C(/OCC1CO1)C1(OCC2CO2)C(C)CC1C. The molecule has 3 aliphatic rings. The minimum Gasteiger partial charge on any atom is -0.492 e. The van der Waals surface area contributed by atoms with Gasteiger partial charge in [-0.25, -0.2) is 0 Å². The van der Waals surface area contributed by atoms with Crippen LogP contribution in [-0.2, 0) is 18.9 Å². The number of rotatable bonds is 9. The van der Waals surface area contributed by atoms with E-state index < -0.39 is 0 Å². The molecule has 5 unspecified atom stereocenters. The van der Waals surface area contributed by atoms with E-state index in [2.05, 4.69) is 39.0 Å². The van der Waals surface area contributed by atoms with Crippen LogP contribution in [0.2, 0.25) is 0 Å². The zero-order valence-corrected chi connectivity index (χ0v) is 14.8. The molecule has 0 aromatic carbocycles. The Bertz CT molecular complexity index is 454.